The van der Waals surface area contributed by atoms with Crippen LogP contribution in [0.25, 0.3) is 0 Å². The van der Waals surface area contributed by atoms with Crippen LogP contribution in [0.3, 0.4) is 0 Å². The van der Waals surface area contributed by atoms with Crippen LogP contribution in [0.5, 0.6) is 0 Å². The molecule has 1 amide bonds. The van der Waals surface area contributed by atoms with E-state index in [2.05, 4.69) is 15.6 Å². The summed E-state index contributed by atoms with van der Waals surface area (Å²) in [5.41, 5.74) is 1.33. The number of aryl methyl sites for hydroxylation is 1. The third kappa shape index (κ3) is 4.39. The third-order valence-corrected chi connectivity index (χ3v) is 3.31. The van der Waals surface area contributed by atoms with E-state index in [-0.39, 0.29) is 11.0 Å². The van der Waals surface area contributed by atoms with Crippen molar-refractivity contribution in [1.82, 2.24) is 10.3 Å². The summed E-state index contributed by atoms with van der Waals surface area (Å²) in [4.78, 5) is 16.1. The van der Waals surface area contributed by atoms with Crippen molar-refractivity contribution < 1.29 is 4.79 Å². The van der Waals surface area contributed by atoms with E-state index in [1.165, 1.54) is 6.20 Å². The minimum Gasteiger partial charge on any atom is -0.317 e. The number of hydrogen-bond donors (Lipinski definition) is 2. The van der Waals surface area contributed by atoms with Crippen LogP contribution in [0.2, 0.25) is 10.0 Å². The van der Waals surface area contributed by atoms with Gasteiger partial charge in [-0.25, -0.2) is 4.98 Å². The van der Waals surface area contributed by atoms with Crippen molar-refractivity contribution in [3.05, 3.63) is 57.7 Å². The number of halogens is 2. The molecule has 0 bridgehead atoms. The largest absolute Gasteiger partial charge is 0.317 e. The minimum absolute atomic E-state index is 0.131. The number of aromatic nitrogens is 1. The van der Waals surface area contributed by atoms with Gasteiger partial charge in [-0.05, 0) is 49.0 Å². The highest BCUT2D eigenvalue weighted by Crippen LogP contribution is 2.17. The molecule has 1 aromatic heterocycles. The Bertz CT molecular complexity index is 689. The highest BCUT2D eigenvalue weighted by molar-refractivity contribution is 7.80. The summed E-state index contributed by atoms with van der Waals surface area (Å²) >= 11 is 16.8. The Morgan fingerprint density at radius 1 is 1.24 bits per heavy atom. The summed E-state index contributed by atoms with van der Waals surface area (Å²) in [7, 11) is 0. The second kappa shape index (κ2) is 6.85. The lowest BCUT2D eigenvalue weighted by molar-refractivity contribution is 0.0978. The lowest BCUT2D eigenvalue weighted by Crippen LogP contribution is -2.34. The van der Waals surface area contributed by atoms with E-state index < -0.39 is 0 Å². The Morgan fingerprint density at radius 2 is 2.00 bits per heavy atom. The second-order valence-corrected chi connectivity index (χ2v) is 5.51. The SMILES string of the molecule is Cc1ccc(C(=O)NC(=S)Nc2ccc(Cl)cn2)c(Cl)c1. The normalized spacial score (nSPS) is 10.0. The fourth-order valence-corrected chi connectivity index (χ4v) is 2.20. The first kappa shape index (κ1) is 15.7. The number of pyridine rings is 1. The molecule has 1 heterocycles. The summed E-state index contributed by atoms with van der Waals surface area (Å²) in [6.45, 7) is 1.89. The maximum atomic E-state index is 12.1. The van der Waals surface area contributed by atoms with Crippen LogP contribution in [0.15, 0.2) is 36.5 Å². The van der Waals surface area contributed by atoms with Crippen LogP contribution < -0.4 is 10.6 Å². The van der Waals surface area contributed by atoms with Gasteiger partial charge in [0.15, 0.2) is 5.11 Å². The number of carbonyl (C=O) groups is 1. The van der Waals surface area contributed by atoms with E-state index in [4.69, 9.17) is 35.4 Å². The van der Waals surface area contributed by atoms with Crippen LogP contribution in [0.4, 0.5) is 5.82 Å². The number of rotatable bonds is 2. The Kier molecular flexibility index (Phi) is 5.12. The molecule has 1 aromatic carbocycles. The molecule has 7 heteroatoms. The van der Waals surface area contributed by atoms with E-state index in [0.29, 0.717) is 21.4 Å². The lowest BCUT2D eigenvalue weighted by atomic mass is 10.1. The van der Waals surface area contributed by atoms with Crippen molar-refractivity contribution in [2.75, 3.05) is 5.32 Å². The maximum Gasteiger partial charge on any atom is 0.258 e. The highest BCUT2D eigenvalue weighted by Gasteiger charge is 2.12. The molecule has 2 N–H and O–H groups in total. The molecule has 2 aromatic rings. The van der Waals surface area contributed by atoms with E-state index in [1.807, 2.05) is 6.92 Å². The van der Waals surface area contributed by atoms with Gasteiger partial charge in [0.25, 0.3) is 5.91 Å². The van der Waals surface area contributed by atoms with Crippen LogP contribution in [0.1, 0.15) is 15.9 Å². The molecule has 0 unspecified atom stereocenters. The summed E-state index contributed by atoms with van der Waals surface area (Å²) in [6.07, 6.45) is 1.48. The number of hydrogen-bond acceptors (Lipinski definition) is 3. The van der Waals surface area contributed by atoms with E-state index in [1.54, 1.807) is 30.3 Å². The number of thiocarbonyl (C=S) groups is 1. The van der Waals surface area contributed by atoms with Gasteiger partial charge in [-0.2, -0.15) is 0 Å². The zero-order valence-electron chi connectivity index (χ0n) is 11.0. The van der Waals surface area contributed by atoms with Crippen molar-refractivity contribution in [1.29, 1.82) is 0 Å². The Hall–Kier alpha value is -1.69. The highest BCUT2D eigenvalue weighted by atomic mass is 35.5. The molecule has 0 saturated heterocycles. The molecule has 0 fully saturated rings. The van der Waals surface area contributed by atoms with Crippen molar-refractivity contribution in [2.24, 2.45) is 0 Å². The molecule has 0 atom stereocenters. The smallest absolute Gasteiger partial charge is 0.258 e. The summed E-state index contributed by atoms with van der Waals surface area (Å²) < 4.78 is 0. The molecular weight excluding hydrogens is 329 g/mol. The third-order valence-electron chi connectivity index (χ3n) is 2.57. The van der Waals surface area contributed by atoms with Crippen LogP contribution in [-0.4, -0.2) is 16.0 Å². The Balaban J connectivity index is 2.02. The Morgan fingerprint density at radius 3 is 2.62 bits per heavy atom. The van der Waals surface area contributed by atoms with E-state index in [9.17, 15) is 4.79 Å². The molecule has 0 aliphatic carbocycles. The van der Waals surface area contributed by atoms with Crippen molar-refractivity contribution >= 4 is 52.3 Å². The molecule has 0 aliphatic rings. The number of benzene rings is 1. The van der Waals surface area contributed by atoms with Gasteiger partial charge in [-0.3, -0.25) is 10.1 Å². The molecule has 2 rings (SSSR count). The van der Waals surface area contributed by atoms with Gasteiger partial charge < -0.3 is 5.32 Å². The Labute approximate surface area is 137 Å². The van der Waals surface area contributed by atoms with Gasteiger partial charge in [-0.15, -0.1) is 0 Å². The minimum atomic E-state index is -0.383. The average molecular weight is 340 g/mol. The standard InChI is InChI=1S/C14H11Cl2N3OS/c1-8-2-4-10(11(16)6-8)13(20)19-14(21)18-12-5-3-9(15)7-17-12/h2-7H,1H3,(H2,17,18,19,20,21). The predicted octanol–water partition coefficient (Wildman–Crippen LogP) is 3.82. The second-order valence-electron chi connectivity index (χ2n) is 4.25. The first-order valence-corrected chi connectivity index (χ1v) is 7.12. The zero-order valence-corrected chi connectivity index (χ0v) is 13.3. The van der Waals surface area contributed by atoms with Crippen LogP contribution in [0, 0.1) is 6.92 Å². The fraction of sp³-hybridized carbons (Fsp3) is 0.0714. The predicted molar refractivity (Wildman–Crippen MR) is 89.1 cm³/mol. The molecule has 21 heavy (non-hydrogen) atoms. The van der Waals surface area contributed by atoms with Gasteiger partial charge in [0.2, 0.25) is 0 Å². The van der Waals surface area contributed by atoms with Crippen molar-refractivity contribution in [3.63, 3.8) is 0 Å². The van der Waals surface area contributed by atoms with Gasteiger partial charge >= 0.3 is 0 Å². The van der Waals surface area contributed by atoms with Gasteiger partial charge in [0.1, 0.15) is 5.82 Å². The number of carbonyl (C=O) groups excluding carboxylic acids is 1. The lowest BCUT2D eigenvalue weighted by Gasteiger charge is -2.10. The van der Waals surface area contributed by atoms with Gasteiger partial charge in [0, 0.05) is 6.20 Å². The zero-order chi connectivity index (χ0) is 15.4. The summed E-state index contributed by atoms with van der Waals surface area (Å²) in [6, 6.07) is 8.49. The van der Waals surface area contributed by atoms with Gasteiger partial charge in [-0.1, -0.05) is 29.3 Å². The topological polar surface area (TPSA) is 54.0 Å². The van der Waals surface area contributed by atoms with E-state index >= 15 is 0 Å². The molecule has 108 valence electrons. The first-order chi connectivity index (χ1) is 9.95. The molecule has 0 spiro atoms. The van der Waals surface area contributed by atoms with Crippen molar-refractivity contribution in [3.8, 4) is 0 Å². The molecule has 0 saturated carbocycles. The summed E-state index contributed by atoms with van der Waals surface area (Å²) in [5.74, 6) is 0.103. The van der Waals surface area contributed by atoms with Crippen LogP contribution in [-0.2, 0) is 0 Å². The molecular formula is C14H11Cl2N3OS. The quantitative estimate of drug-likeness (QED) is 0.816. The maximum absolute atomic E-state index is 12.1. The summed E-state index contributed by atoms with van der Waals surface area (Å²) in [5, 5.41) is 6.35. The number of anilines is 1. The van der Waals surface area contributed by atoms with Crippen LogP contribution >= 0.6 is 35.4 Å². The fourth-order valence-electron chi connectivity index (χ4n) is 1.57. The molecule has 0 radical (unpaired) electrons. The number of amides is 1. The first-order valence-electron chi connectivity index (χ1n) is 5.96. The van der Waals surface area contributed by atoms with Gasteiger partial charge in [0.05, 0.1) is 15.6 Å². The monoisotopic (exact) mass is 339 g/mol. The van der Waals surface area contributed by atoms with Crippen molar-refractivity contribution in [2.45, 2.75) is 6.92 Å². The number of nitrogens with one attached hydrogen (secondary N) is 2. The molecule has 4 nitrogen and oxygen atoms in total. The van der Waals surface area contributed by atoms with E-state index in [0.717, 1.165) is 5.56 Å². The number of nitrogens with zero attached hydrogens (tertiary/aromatic N) is 1. The molecule has 0 aliphatic heterocycles. The average Bonchev–Trinajstić information content (AvgIpc) is 2.41.